The van der Waals surface area contributed by atoms with Crippen LogP contribution in [0.3, 0.4) is 0 Å². The van der Waals surface area contributed by atoms with Crippen LogP contribution in [-0.2, 0) is 16.1 Å². The minimum absolute atomic E-state index is 0.153. The van der Waals surface area contributed by atoms with Crippen molar-refractivity contribution in [1.82, 2.24) is 5.32 Å². The normalized spacial score (nSPS) is 20.4. The molecule has 0 bridgehead atoms. The number of hydrogen-bond acceptors (Lipinski definition) is 4. The minimum atomic E-state index is 0.153. The molecule has 18 heavy (non-hydrogen) atoms. The number of rotatable bonds is 6. The molecule has 0 fully saturated rings. The van der Waals surface area contributed by atoms with Gasteiger partial charge in [-0.3, -0.25) is 0 Å². The summed E-state index contributed by atoms with van der Waals surface area (Å²) in [6, 6.07) is 8.65. The van der Waals surface area contributed by atoms with Gasteiger partial charge in [0, 0.05) is 19.8 Å². The van der Waals surface area contributed by atoms with Gasteiger partial charge in [0.25, 0.3) is 0 Å². The Hall–Kier alpha value is -0.940. The van der Waals surface area contributed by atoms with Gasteiger partial charge in [0.1, 0.15) is 0 Å². The molecule has 0 aliphatic carbocycles. The summed E-state index contributed by atoms with van der Waals surface area (Å²) in [6.07, 6.45) is 0.687. The van der Waals surface area contributed by atoms with Gasteiger partial charge in [-0.05, 0) is 17.5 Å². The molecule has 0 radical (unpaired) electrons. The van der Waals surface area contributed by atoms with Gasteiger partial charge in [-0.2, -0.15) is 0 Å². The number of aliphatic hydroxyl groups excluding tert-OH is 1. The third-order valence-electron chi connectivity index (χ3n) is 3.25. The first-order valence-corrected chi connectivity index (χ1v) is 6.36. The van der Waals surface area contributed by atoms with E-state index in [9.17, 15) is 0 Å². The van der Waals surface area contributed by atoms with Crippen molar-refractivity contribution in [3.63, 3.8) is 0 Å². The van der Waals surface area contributed by atoms with E-state index in [0.29, 0.717) is 26.2 Å². The summed E-state index contributed by atoms with van der Waals surface area (Å²) in [4.78, 5) is 0. The smallest absolute Gasteiger partial charge is 0.0721 e. The number of methoxy groups -OCH3 is 1. The van der Waals surface area contributed by atoms with Crippen LogP contribution in [0.4, 0.5) is 0 Å². The molecular formula is C14H21NO3. The molecule has 100 valence electrons. The van der Waals surface area contributed by atoms with Gasteiger partial charge < -0.3 is 19.9 Å². The second kappa shape index (κ2) is 6.85. The molecule has 2 rings (SSSR count). The Morgan fingerprint density at radius 3 is 3.11 bits per heavy atom. The summed E-state index contributed by atoms with van der Waals surface area (Å²) in [5.41, 5.74) is 2.53. The highest BCUT2D eigenvalue weighted by molar-refractivity contribution is 5.31. The average molecular weight is 251 g/mol. The van der Waals surface area contributed by atoms with Crippen LogP contribution in [0, 0.1) is 0 Å². The predicted octanol–water partition coefficient (Wildman–Crippen LogP) is 1.24. The standard InChI is InChI=1S/C14H21NO3/c1-17-9-12(6-7-16)15-14-10-18-8-11-4-2-3-5-13(11)14/h2-5,12,14-16H,6-10H2,1H3. The Morgan fingerprint density at radius 2 is 2.33 bits per heavy atom. The number of fused-ring (bicyclic) bond motifs is 1. The van der Waals surface area contributed by atoms with Crippen molar-refractivity contribution in [3.05, 3.63) is 35.4 Å². The third kappa shape index (κ3) is 3.29. The molecule has 0 amide bonds. The van der Waals surface area contributed by atoms with Gasteiger partial charge >= 0.3 is 0 Å². The number of hydrogen-bond donors (Lipinski definition) is 2. The molecule has 1 aliphatic rings. The van der Waals surface area contributed by atoms with Crippen LogP contribution < -0.4 is 5.32 Å². The van der Waals surface area contributed by atoms with Gasteiger partial charge in [0.05, 0.1) is 25.9 Å². The summed E-state index contributed by atoms with van der Waals surface area (Å²) in [5, 5.41) is 12.6. The SMILES string of the molecule is COCC(CCO)NC1COCc2ccccc21. The Balaban J connectivity index is 2.05. The van der Waals surface area contributed by atoms with Crippen LogP contribution >= 0.6 is 0 Å². The minimum Gasteiger partial charge on any atom is -0.396 e. The van der Waals surface area contributed by atoms with Gasteiger partial charge in [-0.1, -0.05) is 24.3 Å². The summed E-state index contributed by atoms with van der Waals surface area (Å²) in [5.74, 6) is 0. The Labute approximate surface area is 108 Å². The fraction of sp³-hybridized carbons (Fsp3) is 0.571. The lowest BCUT2D eigenvalue weighted by atomic mass is 9.98. The number of nitrogens with one attached hydrogen (secondary N) is 1. The molecule has 1 heterocycles. The van der Waals surface area contributed by atoms with E-state index in [1.807, 2.05) is 6.07 Å². The highest BCUT2D eigenvalue weighted by Crippen LogP contribution is 2.24. The monoisotopic (exact) mass is 251 g/mol. The quantitative estimate of drug-likeness (QED) is 0.799. The molecule has 4 heteroatoms. The zero-order valence-corrected chi connectivity index (χ0v) is 10.8. The number of benzene rings is 1. The van der Waals surface area contributed by atoms with Crippen LogP contribution in [0.5, 0.6) is 0 Å². The fourth-order valence-corrected chi connectivity index (χ4v) is 2.38. The molecule has 2 atom stereocenters. The summed E-state index contributed by atoms with van der Waals surface area (Å²) in [7, 11) is 1.68. The van der Waals surface area contributed by atoms with E-state index in [0.717, 1.165) is 0 Å². The van der Waals surface area contributed by atoms with Crippen LogP contribution in [0.15, 0.2) is 24.3 Å². The maximum Gasteiger partial charge on any atom is 0.0721 e. The van der Waals surface area contributed by atoms with Crippen molar-refractivity contribution in [3.8, 4) is 0 Å². The lowest BCUT2D eigenvalue weighted by Crippen LogP contribution is -2.40. The topological polar surface area (TPSA) is 50.7 Å². The molecule has 0 saturated carbocycles. The molecule has 0 aromatic heterocycles. The van der Waals surface area contributed by atoms with Crippen LogP contribution in [-0.4, -0.2) is 38.1 Å². The fourth-order valence-electron chi connectivity index (χ4n) is 2.38. The molecule has 0 spiro atoms. The molecule has 1 aliphatic heterocycles. The molecular weight excluding hydrogens is 230 g/mol. The van der Waals surface area contributed by atoms with Gasteiger partial charge in [0.15, 0.2) is 0 Å². The largest absolute Gasteiger partial charge is 0.396 e. The highest BCUT2D eigenvalue weighted by atomic mass is 16.5. The van der Waals surface area contributed by atoms with Gasteiger partial charge in [-0.25, -0.2) is 0 Å². The van der Waals surface area contributed by atoms with E-state index in [1.54, 1.807) is 7.11 Å². The van der Waals surface area contributed by atoms with Crippen LogP contribution in [0.25, 0.3) is 0 Å². The number of ether oxygens (including phenoxy) is 2. The zero-order valence-electron chi connectivity index (χ0n) is 10.8. The zero-order chi connectivity index (χ0) is 12.8. The van der Waals surface area contributed by atoms with E-state index in [-0.39, 0.29) is 18.7 Å². The molecule has 2 N–H and O–H groups in total. The highest BCUT2D eigenvalue weighted by Gasteiger charge is 2.22. The van der Waals surface area contributed by atoms with Crippen molar-refractivity contribution in [2.75, 3.05) is 26.9 Å². The van der Waals surface area contributed by atoms with E-state index < -0.39 is 0 Å². The van der Waals surface area contributed by atoms with Crippen LogP contribution in [0.2, 0.25) is 0 Å². The molecule has 1 aromatic carbocycles. The number of aliphatic hydroxyl groups is 1. The Morgan fingerprint density at radius 1 is 1.50 bits per heavy atom. The third-order valence-corrected chi connectivity index (χ3v) is 3.25. The van der Waals surface area contributed by atoms with E-state index in [4.69, 9.17) is 14.6 Å². The maximum atomic E-state index is 9.06. The maximum absolute atomic E-state index is 9.06. The molecule has 4 nitrogen and oxygen atoms in total. The van der Waals surface area contributed by atoms with E-state index >= 15 is 0 Å². The first kappa shape index (κ1) is 13.5. The first-order chi connectivity index (χ1) is 8.85. The van der Waals surface area contributed by atoms with E-state index in [2.05, 4.69) is 23.5 Å². The molecule has 1 aromatic rings. The lowest BCUT2D eigenvalue weighted by molar-refractivity contribution is 0.0679. The lowest BCUT2D eigenvalue weighted by Gasteiger charge is -2.30. The molecule has 2 unspecified atom stereocenters. The van der Waals surface area contributed by atoms with Gasteiger partial charge in [-0.15, -0.1) is 0 Å². The summed E-state index contributed by atoms with van der Waals surface area (Å²) < 4.78 is 10.8. The second-order valence-corrected chi connectivity index (χ2v) is 4.60. The van der Waals surface area contributed by atoms with Crippen molar-refractivity contribution >= 4 is 0 Å². The van der Waals surface area contributed by atoms with Crippen molar-refractivity contribution in [1.29, 1.82) is 0 Å². The van der Waals surface area contributed by atoms with Gasteiger partial charge in [0.2, 0.25) is 0 Å². The average Bonchev–Trinajstić information content (AvgIpc) is 2.40. The van der Waals surface area contributed by atoms with E-state index in [1.165, 1.54) is 11.1 Å². The predicted molar refractivity (Wildman–Crippen MR) is 69.3 cm³/mol. The second-order valence-electron chi connectivity index (χ2n) is 4.60. The first-order valence-electron chi connectivity index (χ1n) is 6.36. The Kier molecular flexibility index (Phi) is 5.13. The Bertz CT molecular complexity index is 364. The van der Waals surface area contributed by atoms with Crippen molar-refractivity contribution in [2.24, 2.45) is 0 Å². The van der Waals surface area contributed by atoms with Crippen molar-refractivity contribution in [2.45, 2.75) is 25.1 Å². The summed E-state index contributed by atoms with van der Waals surface area (Å²) >= 11 is 0. The van der Waals surface area contributed by atoms with Crippen LogP contribution in [0.1, 0.15) is 23.6 Å². The summed E-state index contributed by atoms with van der Waals surface area (Å²) in [6.45, 7) is 2.11. The molecule has 0 saturated heterocycles. The van der Waals surface area contributed by atoms with Crippen molar-refractivity contribution < 1.29 is 14.6 Å².